The van der Waals surface area contributed by atoms with Gasteiger partial charge in [0.2, 0.25) is 0 Å². The van der Waals surface area contributed by atoms with Crippen molar-refractivity contribution in [2.24, 2.45) is 0 Å². The molecule has 2 aromatic rings. The van der Waals surface area contributed by atoms with Crippen LogP contribution in [0.15, 0.2) is 42.6 Å². The monoisotopic (exact) mass is 240 g/mol. The molecule has 0 fully saturated rings. The molecule has 0 aliphatic rings. The highest BCUT2D eigenvalue weighted by Crippen LogP contribution is 2.18. The highest BCUT2D eigenvalue weighted by molar-refractivity contribution is 5.32. The molecular weight excluding hydrogens is 220 g/mol. The van der Waals surface area contributed by atoms with Gasteiger partial charge in [0.25, 0.3) is 0 Å². The molecular formula is C16H20N2. The van der Waals surface area contributed by atoms with Crippen LogP contribution in [0, 0.1) is 13.8 Å². The van der Waals surface area contributed by atoms with Gasteiger partial charge in [0.05, 0.1) is 5.69 Å². The molecule has 0 amide bonds. The maximum absolute atomic E-state index is 4.32. The Labute approximate surface area is 109 Å². The van der Waals surface area contributed by atoms with Gasteiger partial charge < -0.3 is 5.32 Å². The lowest BCUT2D eigenvalue weighted by Crippen LogP contribution is -2.19. The second-order valence-corrected chi connectivity index (χ2v) is 4.78. The Hall–Kier alpha value is -1.67. The molecule has 18 heavy (non-hydrogen) atoms. The van der Waals surface area contributed by atoms with Crippen LogP contribution in [0.4, 0.5) is 0 Å². The highest BCUT2D eigenvalue weighted by Gasteiger charge is 2.07. The van der Waals surface area contributed by atoms with E-state index in [0.717, 1.165) is 12.2 Å². The summed E-state index contributed by atoms with van der Waals surface area (Å²) in [4.78, 5) is 4.32. The molecule has 1 aromatic carbocycles. The van der Waals surface area contributed by atoms with Crippen LogP contribution in [0.3, 0.4) is 0 Å². The number of nitrogens with zero attached hydrogens (tertiary/aromatic N) is 1. The summed E-state index contributed by atoms with van der Waals surface area (Å²) in [6.07, 6.45) is 1.83. The zero-order valence-corrected chi connectivity index (χ0v) is 11.3. The minimum Gasteiger partial charge on any atom is -0.305 e. The molecule has 0 bridgehead atoms. The first kappa shape index (κ1) is 12.8. The summed E-state index contributed by atoms with van der Waals surface area (Å²) in [7, 11) is 0. The van der Waals surface area contributed by atoms with E-state index in [2.05, 4.69) is 49.3 Å². The summed E-state index contributed by atoms with van der Waals surface area (Å²) in [5, 5.41) is 3.51. The van der Waals surface area contributed by atoms with E-state index in [4.69, 9.17) is 0 Å². The molecule has 2 heteroatoms. The summed E-state index contributed by atoms with van der Waals surface area (Å²) in [5.74, 6) is 0. The van der Waals surface area contributed by atoms with Gasteiger partial charge in [-0.3, -0.25) is 4.98 Å². The first-order valence-electron chi connectivity index (χ1n) is 6.37. The Morgan fingerprint density at radius 1 is 1.17 bits per heavy atom. The number of benzene rings is 1. The van der Waals surface area contributed by atoms with Crippen molar-refractivity contribution in [3.05, 3.63) is 65.0 Å². The van der Waals surface area contributed by atoms with Gasteiger partial charge >= 0.3 is 0 Å². The lowest BCUT2D eigenvalue weighted by molar-refractivity contribution is 0.565. The molecule has 1 unspecified atom stereocenters. The Bertz CT molecular complexity index is 506. The van der Waals surface area contributed by atoms with Crippen molar-refractivity contribution in [3.63, 3.8) is 0 Å². The average molecular weight is 240 g/mol. The number of hydrogen-bond acceptors (Lipinski definition) is 2. The summed E-state index contributed by atoms with van der Waals surface area (Å²) < 4.78 is 0. The van der Waals surface area contributed by atoms with E-state index in [-0.39, 0.29) is 0 Å². The fourth-order valence-electron chi connectivity index (χ4n) is 2.18. The van der Waals surface area contributed by atoms with Gasteiger partial charge in [-0.15, -0.1) is 0 Å². The number of pyridine rings is 1. The standard InChI is InChI=1S/C16H20N2/c1-12-7-8-16(13(2)10-12)14(3)18-11-15-6-4-5-9-17-15/h4-10,14,18H,11H2,1-3H3. The smallest absolute Gasteiger partial charge is 0.0541 e. The van der Waals surface area contributed by atoms with Crippen LogP contribution in [0.1, 0.15) is 35.3 Å². The van der Waals surface area contributed by atoms with E-state index in [1.54, 1.807) is 0 Å². The molecule has 0 saturated heterocycles. The van der Waals surface area contributed by atoms with Gasteiger partial charge in [-0.05, 0) is 44.0 Å². The molecule has 2 nitrogen and oxygen atoms in total. The van der Waals surface area contributed by atoms with Gasteiger partial charge in [-0.1, -0.05) is 29.8 Å². The van der Waals surface area contributed by atoms with Crippen LogP contribution < -0.4 is 5.32 Å². The SMILES string of the molecule is Cc1ccc(C(C)NCc2ccccn2)c(C)c1. The van der Waals surface area contributed by atoms with Crippen LogP contribution >= 0.6 is 0 Å². The predicted octanol–water partition coefficient (Wildman–Crippen LogP) is 3.55. The first-order chi connectivity index (χ1) is 8.66. The van der Waals surface area contributed by atoms with Gasteiger partial charge in [0.15, 0.2) is 0 Å². The summed E-state index contributed by atoms with van der Waals surface area (Å²) >= 11 is 0. The van der Waals surface area contributed by atoms with E-state index < -0.39 is 0 Å². The zero-order valence-electron chi connectivity index (χ0n) is 11.3. The van der Waals surface area contributed by atoms with Gasteiger partial charge in [-0.2, -0.15) is 0 Å². The highest BCUT2D eigenvalue weighted by atomic mass is 14.9. The number of aryl methyl sites for hydroxylation is 2. The maximum atomic E-state index is 4.32. The maximum Gasteiger partial charge on any atom is 0.0541 e. The van der Waals surface area contributed by atoms with Crippen LogP contribution in [0.5, 0.6) is 0 Å². The Morgan fingerprint density at radius 2 is 2.00 bits per heavy atom. The zero-order chi connectivity index (χ0) is 13.0. The van der Waals surface area contributed by atoms with Crippen LogP contribution in [-0.2, 0) is 6.54 Å². The molecule has 1 N–H and O–H groups in total. The Kier molecular flexibility index (Phi) is 4.11. The van der Waals surface area contributed by atoms with Crippen molar-refractivity contribution in [2.45, 2.75) is 33.4 Å². The number of aromatic nitrogens is 1. The summed E-state index contributed by atoms with van der Waals surface area (Å²) in [5.41, 5.74) is 5.09. The number of nitrogens with one attached hydrogen (secondary N) is 1. The molecule has 1 heterocycles. The Morgan fingerprint density at radius 3 is 2.67 bits per heavy atom. The average Bonchev–Trinajstić information content (AvgIpc) is 2.37. The molecule has 1 aromatic heterocycles. The van der Waals surface area contributed by atoms with E-state index in [0.29, 0.717) is 6.04 Å². The third-order valence-corrected chi connectivity index (χ3v) is 3.21. The van der Waals surface area contributed by atoms with Crippen molar-refractivity contribution in [3.8, 4) is 0 Å². The molecule has 1 atom stereocenters. The summed E-state index contributed by atoms with van der Waals surface area (Å²) in [6, 6.07) is 13.0. The third-order valence-electron chi connectivity index (χ3n) is 3.21. The van der Waals surface area contributed by atoms with Crippen molar-refractivity contribution >= 4 is 0 Å². The second kappa shape index (κ2) is 5.78. The van der Waals surface area contributed by atoms with Crippen LogP contribution in [-0.4, -0.2) is 4.98 Å². The van der Waals surface area contributed by atoms with E-state index in [1.165, 1.54) is 16.7 Å². The van der Waals surface area contributed by atoms with Crippen LogP contribution in [0.25, 0.3) is 0 Å². The van der Waals surface area contributed by atoms with Gasteiger partial charge in [0.1, 0.15) is 0 Å². The third kappa shape index (κ3) is 3.17. The minimum absolute atomic E-state index is 0.340. The first-order valence-corrected chi connectivity index (χ1v) is 6.37. The summed E-state index contributed by atoms with van der Waals surface area (Å²) in [6.45, 7) is 7.29. The van der Waals surface area contributed by atoms with Crippen molar-refractivity contribution in [1.82, 2.24) is 10.3 Å². The largest absolute Gasteiger partial charge is 0.305 e. The lowest BCUT2D eigenvalue weighted by atomic mass is 10.0. The van der Waals surface area contributed by atoms with Crippen molar-refractivity contribution in [1.29, 1.82) is 0 Å². The van der Waals surface area contributed by atoms with Crippen molar-refractivity contribution < 1.29 is 0 Å². The molecule has 0 aliphatic carbocycles. The van der Waals surface area contributed by atoms with Crippen LogP contribution in [0.2, 0.25) is 0 Å². The van der Waals surface area contributed by atoms with E-state index in [1.807, 2.05) is 24.4 Å². The van der Waals surface area contributed by atoms with E-state index >= 15 is 0 Å². The molecule has 2 rings (SSSR count). The fraction of sp³-hybridized carbons (Fsp3) is 0.312. The molecule has 0 spiro atoms. The van der Waals surface area contributed by atoms with Gasteiger partial charge in [-0.25, -0.2) is 0 Å². The quantitative estimate of drug-likeness (QED) is 0.884. The fourth-order valence-corrected chi connectivity index (χ4v) is 2.18. The predicted molar refractivity (Wildman–Crippen MR) is 75.4 cm³/mol. The minimum atomic E-state index is 0.340. The topological polar surface area (TPSA) is 24.9 Å². The molecule has 0 aliphatic heterocycles. The second-order valence-electron chi connectivity index (χ2n) is 4.78. The Balaban J connectivity index is 2.01. The number of rotatable bonds is 4. The molecule has 0 saturated carbocycles. The molecule has 94 valence electrons. The van der Waals surface area contributed by atoms with E-state index in [9.17, 15) is 0 Å². The molecule has 0 radical (unpaired) electrons. The normalized spacial score (nSPS) is 12.4. The lowest BCUT2D eigenvalue weighted by Gasteiger charge is -2.16. The number of hydrogen-bond donors (Lipinski definition) is 1. The van der Waals surface area contributed by atoms with Crippen molar-refractivity contribution in [2.75, 3.05) is 0 Å². The van der Waals surface area contributed by atoms with Gasteiger partial charge in [0, 0.05) is 18.8 Å².